The van der Waals surface area contributed by atoms with Crippen molar-refractivity contribution in [3.8, 4) is 5.75 Å². The fourth-order valence-electron chi connectivity index (χ4n) is 1.21. The number of carboxylic acids is 1. The summed E-state index contributed by atoms with van der Waals surface area (Å²) in [6, 6.07) is 0. The number of alkyl halides is 4. The van der Waals surface area contributed by atoms with Gasteiger partial charge in [-0.25, -0.2) is 4.98 Å². The van der Waals surface area contributed by atoms with Crippen LogP contribution in [0.3, 0.4) is 0 Å². The summed E-state index contributed by atoms with van der Waals surface area (Å²) in [7, 11) is 0. The number of pyridine rings is 1. The Bertz CT molecular complexity index is 467. The zero-order chi connectivity index (χ0) is 13.9. The molecule has 1 aromatic rings. The molecule has 1 aromatic heterocycles. The largest absolute Gasteiger partial charge is 0.573 e. The molecule has 9 heteroatoms. The highest BCUT2D eigenvalue weighted by Gasteiger charge is 2.34. The van der Waals surface area contributed by atoms with Crippen LogP contribution in [0.4, 0.5) is 13.2 Å². The third-order valence-electron chi connectivity index (χ3n) is 1.84. The number of aromatic nitrogens is 1. The van der Waals surface area contributed by atoms with Gasteiger partial charge in [0.15, 0.2) is 0 Å². The van der Waals surface area contributed by atoms with Crippen LogP contribution >= 0.6 is 34.2 Å². The van der Waals surface area contributed by atoms with Crippen molar-refractivity contribution in [2.75, 3.05) is 0 Å². The molecular formula is C9H6ClF3INO3. The molecule has 0 saturated heterocycles. The molecule has 0 aliphatic carbocycles. The molecule has 18 heavy (non-hydrogen) atoms. The number of nitrogens with zero attached hydrogens (tertiary/aromatic N) is 1. The first kappa shape index (κ1) is 15.3. The van der Waals surface area contributed by atoms with E-state index in [0.717, 1.165) is 6.20 Å². The van der Waals surface area contributed by atoms with Crippen LogP contribution in [0.15, 0.2) is 6.20 Å². The van der Waals surface area contributed by atoms with E-state index in [0.29, 0.717) is 0 Å². The summed E-state index contributed by atoms with van der Waals surface area (Å²) >= 11 is 7.23. The van der Waals surface area contributed by atoms with E-state index < -0.39 is 24.5 Å². The SMILES string of the molecule is O=C(O)Cc1cnc(I)c(CCl)c1OC(F)(F)F. The predicted molar refractivity (Wildman–Crippen MR) is 64.5 cm³/mol. The van der Waals surface area contributed by atoms with Crippen molar-refractivity contribution in [2.24, 2.45) is 0 Å². The molecule has 0 atom stereocenters. The van der Waals surface area contributed by atoms with E-state index >= 15 is 0 Å². The molecule has 0 bridgehead atoms. The maximum absolute atomic E-state index is 12.3. The second-order valence-electron chi connectivity index (χ2n) is 3.13. The molecule has 1 heterocycles. The molecule has 0 spiro atoms. The number of aliphatic carboxylic acids is 1. The van der Waals surface area contributed by atoms with E-state index in [2.05, 4.69) is 9.72 Å². The van der Waals surface area contributed by atoms with Crippen molar-refractivity contribution in [2.45, 2.75) is 18.7 Å². The van der Waals surface area contributed by atoms with Gasteiger partial charge in [0, 0.05) is 17.3 Å². The van der Waals surface area contributed by atoms with Gasteiger partial charge in [0.1, 0.15) is 9.45 Å². The van der Waals surface area contributed by atoms with Crippen molar-refractivity contribution >= 4 is 40.2 Å². The molecule has 0 saturated carbocycles. The van der Waals surface area contributed by atoms with Gasteiger partial charge < -0.3 is 9.84 Å². The van der Waals surface area contributed by atoms with E-state index in [-0.39, 0.29) is 20.7 Å². The van der Waals surface area contributed by atoms with Gasteiger partial charge in [-0.3, -0.25) is 4.79 Å². The standard InChI is InChI=1S/C9H6ClF3INO3/c10-2-5-7(18-9(11,12)13)4(1-6(16)17)3-15-8(5)14/h3H,1-2H2,(H,16,17). The summed E-state index contributed by atoms with van der Waals surface area (Å²) in [4.78, 5) is 14.4. The average Bonchev–Trinajstić information content (AvgIpc) is 2.20. The van der Waals surface area contributed by atoms with E-state index in [1.54, 1.807) is 22.6 Å². The number of halogens is 5. The molecule has 0 aliphatic heterocycles. The highest BCUT2D eigenvalue weighted by Crippen LogP contribution is 2.33. The lowest BCUT2D eigenvalue weighted by Gasteiger charge is -2.16. The van der Waals surface area contributed by atoms with Gasteiger partial charge in [-0.15, -0.1) is 24.8 Å². The molecule has 0 aliphatic rings. The highest BCUT2D eigenvalue weighted by molar-refractivity contribution is 14.1. The first-order valence-corrected chi connectivity index (χ1v) is 6.05. The van der Waals surface area contributed by atoms with E-state index in [1.807, 2.05) is 0 Å². The van der Waals surface area contributed by atoms with Gasteiger partial charge >= 0.3 is 12.3 Å². The summed E-state index contributed by atoms with van der Waals surface area (Å²) in [6.07, 6.45) is -4.51. The lowest BCUT2D eigenvalue weighted by atomic mass is 10.1. The van der Waals surface area contributed by atoms with Gasteiger partial charge in [-0.1, -0.05) is 0 Å². The molecule has 0 radical (unpaired) electrons. The van der Waals surface area contributed by atoms with Gasteiger partial charge in [0.05, 0.1) is 12.3 Å². The van der Waals surface area contributed by atoms with Crippen molar-refractivity contribution in [3.63, 3.8) is 0 Å². The van der Waals surface area contributed by atoms with Crippen molar-refractivity contribution < 1.29 is 27.8 Å². The van der Waals surface area contributed by atoms with Gasteiger partial charge in [0.25, 0.3) is 0 Å². The second kappa shape index (κ2) is 5.91. The Labute approximate surface area is 118 Å². The number of rotatable bonds is 4. The lowest BCUT2D eigenvalue weighted by molar-refractivity contribution is -0.275. The molecule has 0 unspecified atom stereocenters. The normalized spacial score (nSPS) is 11.4. The van der Waals surface area contributed by atoms with Crippen LogP contribution in [-0.2, 0) is 17.1 Å². The Morgan fingerprint density at radius 3 is 2.61 bits per heavy atom. The van der Waals surface area contributed by atoms with Crippen LogP contribution in [-0.4, -0.2) is 22.4 Å². The van der Waals surface area contributed by atoms with Gasteiger partial charge in [-0.05, 0) is 22.6 Å². The monoisotopic (exact) mass is 395 g/mol. The molecule has 4 nitrogen and oxygen atoms in total. The molecule has 1 rings (SSSR count). The summed E-state index contributed by atoms with van der Waals surface area (Å²) in [5.41, 5.74) is -0.149. The number of ether oxygens (including phenoxy) is 1. The maximum Gasteiger partial charge on any atom is 0.573 e. The molecular weight excluding hydrogens is 389 g/mol. The van der Waals surface area contributed by atoms with Crippen LogP contribution in [0, 0.1) is 3.70 Å². The minimum Gasteiger partial charge on any atom is -0.481 e. The first-order chi connectivity index (χ1) is 8.24. The van der Waals surface area contributed by atoms with Crippen LogP contribution in [0.1, 0.15) is 11.1 Å². The summed E-state index contributed by atoms with van der Waals surface area (Å²) in [5.74, 6) is -2.13. The van der Waals surface area contributed by atoms with E-state index in [9.17, 15) is 18.0 Å². The van der Waals surface area contributed by atoms with Gasteiger partial charge in [0.2, 0.25) is 0 Å². The number of carbonyl (C=O) groups is 1. The second-order valence-corrected chi connectivity index (χ2v) is 4.42. The molecule has 0 amide bonds. The van der Waals surface area contributed by atoms with Crippen molar-refractivity contribution in [1.29, 1.82) is 0 Å². The smallest absolute Gasteiger partial charge is 0.481 e. The molecule has 100 valence electrons. The first-order valence-electron chi connectivity index (χ1n) is 4.44. The highest BCUT2D eigenvalue weighted by atomic mass is 127. The van der Waals surface area contributed by atoms with Crippen LogP contribution < -0.4 is 4.74 Å². The lowest BCUT2D eigenvalue weighted by Crippen LogP contribution is -2.20. The molecule has 0 aromatic carbocycles. The quantitative estimate of drug-likeness (QED) is 0.484. The third-order valence-corrected chi connectivity index (χ3v) is 3.04. The summed E-state index contributed by atoms with van der Waals surface area (Å²) in [5, 5.41) is 8.62. The van der Waals surface area contributed by atoms with E-state index in [1.165, 1.54) is 0 Å². The number of hydrogen-bond donors (Lipinski definition) is 1. The van der Waals surface area contributed by atoms with Crippen molar-refractivity contribution in [3.05, 3.63) is 21.0 Å². The van der Waals surface area contributed by atoms with Gasteiger partial charge in [-0.2, -0.15) is 0 Å². The zero-order valence-electron chi connectivity index (χ0n) is 8.59. The Kier molecular flexibility index (Phi) is 5.02. The fourth-order valence-corrected chi connectivity index (χ4v) is 2.25. The van der Waals surface area contributed by atoms with Crippen LogP contribution in [0.2, 0.25) is 0 Å². The third kappa shape index (κ3) is 4.16. The number of carboxylic acid groups (broad SMARTS) is 1. The zero-order valence-corrected chi connectivity index (χ0v) is 11.5. The Balaban J connectivity index is 3.29. The van der Waals surface area contributed by atoms with Crippen molar-refractivity contribution in [1.82, 2.24) is 4.98 Å². The fraction of sp³-hybridized carbons (Fsp3) is 0.333. The Hall–Kier alpha value is -0.770. The minimum absolute atomic E-state index is 0.0216. The van der Waals surface area contributed by atoms with Crippen LogP contribution in [0.5, 0.6) is 5.75 Å². The maximum atomic E-state index is 12.3. The topological polar surface area (TPSA) is 59.4 Å². The minimum atomic E-state index is -4.92. The van der Waals surface area contributed by atoms with Crippen LogP contribution in [0.25, 0.3) is 0 Å². The Morgan fingerprint density at radius 1 is 1.56 bits per heavy atom. The molecule has 1 N–H and O–H groups in total. The predicted octanol–water partition coefficient (Wildman–Crippen LogP) is 2.95. The average molecular weight is 396 g/mol. The van der Waals surface area contributed by atoms with E-state index in [4.69, 9.17) is 16.7 Å². The number of hydrogen-bond acceptors (Lipinski definition) is 3. The molecule has 0 fully saturated rings. The Morgan fingerprint density at radius 2 is 2.17 bits per heavy atom. The summed E-state index contributed by atoms with van der Waals surface area (Å²) in [6.45, 7) is 0. The summed E-state index contributed by atoms with van der Waals surface area (Å²) < 4.78 is 40.9.